The summed E-state index contributed by atoms with van der Waals surface area (Å²) in [4.78, 5) is 13.1. The van der Waals surface area contributed by atoms with Gasteiger partial charge in [-0.25, -0.2) is 9.80 Å². The summed E-state index contributed by atoms with van der Waals surface area (Å²) in [6, 6.07) is 0.0852. The summed E-state index contributed by atoms with van der Waals surface area (Å²) in [5.41, 5.74) is 3.33. The second-order valence-electron chi connectivity index (χ2n) is 3.82. The van der Waals surface area contributed by atoms with Crippen LogP contribution < -0.4 is 10.7 Å². The molecule has 2 heterocycles. The maximum Gasteiger partial charge on any atom is 0.317 e. The van der Waals surface area contributed by atoms with Crippen LogP contribution in [0.15, 0.2) is 0 Å². The molecule has 14 heavy (non-hydrogen) atoms. The van der Waals surface area contributed by atoms with E-state index >= 15 is 0 Å². The average Bonchev–Trinajstić information content (AvgIpc) is 2.63. The number of hydrazine groups is 1. The van der Waals surface area contributed by atoms with Crippen LogP contribution in [-0.4, -0.2) is 55.2 Å². The van der Waals surface area contributed by atoms with E-state index in [0.717, 1.165) is 39.3 Å². The van der Waals surface area contributed by atoms with Crippen molar-refractivity contribution in [2.45, 2.75) is 12.8 Å². The molecule has 0 aromatic carbocycles. The lowest BCUT2D eigenvalue weighted by atomic mass is 10.2. The molecule has 2 aliphatic heterocycles. The molecular formula is C9H18N4O. The van der Waals surface area contributed by atoms with Gasteiger partial charge in [-0.05, 0) is 12.8 Å². The van der Waals surface area contributed by atoms with Gasteiger partial charge in [0, 0.05) is 39.3 Å². The van der Waals surface area contributed by atoms with E-state index < -0.39 is 0 Å². The van der Waals surface area contributed by atoms with Gasteiger partial charge in [0.2, 0.25) is 0 Å². The SMILES string of the molecule is O=C1NCCN1CCN1CCCCN1. The molecule has 2 N–H and O–H groups in total. The summed E-state index contributed by atoms with van der Waals surface area (Å²) in [6.45, 7) is 5.60. The number of nitrogens with zero attached hydrogens (tertiary/aromatic N) is 2. The fourth-order valence-electron chi connectivity index (χ4n) is 1.90. The maximum absolute atomic E-state index is 11.2. The van der Waals surface area contributed by atoms with Crippen molar-refractivity contribution < 1.29 is 4.79 Å². The molecule has 5 heteroatoms. The van der Waals surface area contributed by atoms with Gasteiger partial charge in [0.05, 0.1) is 0 Å². The minimum Gasteiger partial charge on any atom is -0.336 e. The molecule has 2 rings (SSSR count). The summed E-state index contributed by atoms with van der Waals surface area (Å²) in [7, 11) is 0. The van der Waals surface area contributed by atoms with Gasteiger partial charge in [0.25, 0.3) is 0 Å². The number of carbonyl (C=O) groups is 1. The number of amides is 2. The molecule has 0 unspecified atom stereocenters. The van der Waals surface area contributed by atoms with Crippen molar-refractivity contribution in [2.24, 2.45) is 0 Å². The van der Waals surface area contributed by atoms with E-state index in [1.165, 1.54) is 12.8 Å². The molecule has 2 amide bonds. The normalized spacial score (nSPS) is 24.0. The predicted molar refractivity (Wildman–Crippen MR) is 53.8 cm³/mol. The quantitative estimate of drug-likeness (QED) is 0.649. The first-order valence-electron chi connectivity index (χ1n) is 5.37. The van der Waals surface area contributed by atoms with E-state index in [-0.39, 0.29) is 6.03 Å². The van der Waals surface area contributed by atoms with E-state index in [9.17, 15) is 4.79 Å². The molecule has 2 aliphatic rings. The second kappa shape index (κ2) is 4.61. The van der Waals surface area contributed by atoms with E-state index in [0.29, 0.717) is 0 Å². The van der Waals surface area contributed by atoms with Crippen molar-refractivity contribution >= 4 is 6.03 Å². The topological polar surface area (TPSA) is 47.6 Å². The molecule has 0 bridgehead atoms. The van der Waals surface area contributed by atoms with Crippen LogP contribution in [-0.2, 0) is 0 Å². The van der Waals surface area contributed by atoms with Gasteiger partial charge in [-0.3, -0.25) is 5.43 Å². The van der Waals surface area contributed by atoms with E-state index in [4.69, 9.17) is 0 Å². The van der Waals surface area contributed by atoms with Crippen molar-refractivity contribution in [3.63, 3.8) is 0 Å². The Morgan fingerprint density at radius 2 is 2.07 bits per heavy atom. The van der Waals surface area contributed by atoms with Crippen molar-refractivity contribution in [3.8, 4) is 0 Å². The number of hydrogen-bond acceptors (Lipinski definition) is 3. The van der Waals surface area contributed by atoms with E-state index in [2.05, 4.69) is 15.8 Å². The van der Waals surface area contributed by atoms with Gasteiger partial charge in [-0.1, -0.05) is 0 Å². The zero-order valence-electron chi connectivity index (χ0n) is 8.46. The first-order valence-corrected chi connectivity index (χ1v) is 5.37. The molecular weight excluding hydrogens is 180 g/mol. The Hall–Kier alpha value is -0.810. The smallest absolute Gasteiger partial charge is 0.317 e. The molecule has 0 aromatic heterocycles. The average molecular weight is 198 g/mol. The van der Waals surface area contributed by atoms with Gasteiger partial charge >= 0.3 is 6.03 Å². The predicted octanol–water partition coefficient (Wildman–Crippen LogP) is -0.388. The van der Waals surface area contributed by atoms with Crippen LogP contribution in [0.1, 0.15) is 12.8 Å². The molecule has 0 aromatic rings. The number of nitrogens with one attached hydrogen (secondary N) is 2. The van der Waals surface area contributed by atoms with Gasteiger partial charge in [-0.2, -0.15) is 0 Å². The lowest BCUT2D eigenvalue weighted by molar-refractivity contribution is 0.137. The van der Waals surface area contributed by atoms with Gasteiger partial charge < -0.3 is 10.2 Å². The standard InChI is InChI=1S/C9H18N4O/c14-9-10-4-6-12(9)7-8-13-5-2-1-3-11-13/h11H,1-8H2,(H,10,14). The highest BCUT2D eigenvalue weighted by molar-refractivity contribution is 5.76. The van der Waals surface area contributed by atoms with Crippen molar-refractivity contribution in [1.82, 2.24) is 20.7 Å². The third-order valence-electron chi connectivity index (χ3n) is 2.78. The zero-order chi connectivity index (χ0) is 9.80. The van der Waals surface area contributed by atoms with Crippen LogP contribution in [0.3, 0.4) is 0 Å². The minimum absolute atomic E-state index is 0.0852. The number of hydrogen-bond donors (Lipinski definition) is 2. The van der Waals surface area contributed by atoms with Crippen molar-refractivity contribution in [3.05, 3.63) is 0 Å². The highest BCUT2D eigenvalue weighted by atomic mass is 16.2. The minimum atomic E-state index is 0.0852. The van der Waals surface area contributed by atoms with E-state index in [1.807, 2.05) is 4.90 Å². The number of rotatable bonds is 3. The molecule has 2 saturated heterocycles. The summed E-state index contributed by atoms with van der Waals surface area (Å²) in [5, 5.41) is 5.02. The summed E-state index contributed by atoms with van der Waals surface area (Å²) in [6.07, 6.45) is 2.53. The molecule has 5 nitrogen and oxygen atoms in total. The molecule has 2 fully saturated rings. The fourth-order valence-corrected chi connectivity index (χ4v) is 1.90. The first-order chi connectivity index (χ1) is 6.86. The Kier molecular flexibility index (Phi) is 3.21. The van der Waals surface area contributed by atoms with Crippen LogP contribution in [0.2, 0.25) is 0 Å². The van der Waals surface area contributed by atoms with Crippen LogP contribution in [0.4, 0.5) is 4.79 Å². The third-order valence-corrected chi connectivity index (χ3v) is 2.78. The molecule has 0 spiro atoms. The van der Waals surface area contributed by atoms with Gasteiger partial charge in [0.1, 0.15) is 0 Å². The summed E-state index contributed by atoms with van der Waals surface area (Å²) >= 11 is 0. The Labute approximate surface area is 84.4 Å². The second-order valence-corrected chi connectivity index (χ2v) is 3.82. The number of carbonyl (C=O) groups excluding carboxylic acids is 1. The van der Waals surface area contributed by atoms with Crippen molar-refractivity contribution in [1.29, 1.82) is 0 Å². The van der Waals surface area contributed by atoms with Crippen molar-refractivity contribution in [2.75, 3.05) is 39.3 Å². The fraction of sp³-hybridized carbons (Fsp3) is 0.889. The molecule has 0 saturated carbocycles. The van der Waals surface area contributed by atoms with Crippen LogP contribution in [0.25, 0.3) is 0 Å². The third kappa shape index (κ3) is 2.36. The molecule has 80 valence electrons. The lowest BCUT2D eigenvalue weighted by Gasteiger charge is -2.28. The van der Waals surface area contributed by atoms with Crippen LogP contribution in [0.5, 0.6) is 0 Å². The summed E-state index contributed by atoms with van der Waals surface area (Å²) < 4.78 is 0. The Morgan fingerprint density at radius 3 is 2.71 bits per heavy atom. The van der Waals surface area contributed by atoms with Gasteiger partial charge in [0.15, 0.2) is 0 Å². The molecule has 0 atom stereocenters. The first kappa shape index (κ1) is 9.73. The Balaban J connectivity index is 1.68. The molecule has 0 aliphatic carbocycles. The number of urea groups is 1. The highest BCUT2D eigenvalue weighted by Crippen LogP contribution is 2.01. The Morgan fingerprint density at radius 1 is 1.14 bits per heavy atom. The highest BCUT2D eigenvalue weighted by Gasteiger charge is 2.20. The molecule has 0 radical (unpaired) electrons. The Bertz CT molecular complexity index is 203. The van der Waals surface area contributed by atoms with Gasteiger partial charge in [-0.15, -0.1) is 0 Å². The summed E-state index contributed by atoms with van der Waals surface area (Å²) in [5.74, 6) is 0. The van der Waals surface area contributed by atoms with Crippen LogP contribution >= 0.6 is 0 Å². The van der Waals surface area contributed by atoms with Crippen LogP contribution in [0, 0.1) is 0 Å². The monoisotopic (exact) mass is 198 g/mol. The lowest BCUT2D eigenvalue weighted by Crippen LogP contribution is -2.47. The maximum atomic E-state index is 11.2. The largest absolute Gasteiger partial charge is 0.336 e. The van der Waals surface area contributed by atoms with E-state index in [1.54, 1.807) is 0 Å². The zero-order valence-corrected chi connectivity index (χ0v) is 8.46.